The number of rotatable bonds is 4. The van der Waals surface area contributed by atoms with Crippen molar-refractivity contribution in [3.05, 3.63) is 123 Å². The monoisotopic (exact) mass is 1230 g/mol. The third-order valence-electron chi connectivity index (χ3n) is 14.7. The molecular weight excluding hydrogens is 1160 g/mol. The fourth-order valence-electron chi connectivity index (χ4n) is 9.91. The summed E-state index contributed by atoms with van der Waals surface area (Å²) in [5, 5.41) is 74.8. The zero-order chi connectivity index (χ0) is 63.7. The summed E-state index contributed by atoms with van der Waals surface area (Å²) in [7, 11) is -4.74. The number of phenols is 1. The first-order chi connectivity index (χ1) is 41.9. The lowest BCUT2D eigenvalue weighted by molar-refractivity contribution is -0.269. The van der Waals surface area contributed by atoms with Crippen LogP contribution in [0.4, 0.5) is 0 Å². The van der Waals surface area contributed by atoms with Crippen LogP contribution in [-0.2, 0) is 19.6 Å². The smallest absolute Gasteiger partial charge is 0.321 e. The SMILES string of the molecule is CC(C)(C)OC(=O)CNS(=O)(=O)c1cc2c([O-])c(c1)C(=O)NCCN1CCNC(=O)c3cccc(c3[O-])C(=O)NCCC(/C=C/C3CCNC(=O)c4cccc(c4[O-])C(=O)NCCN(CCNC(=O)c4cccc(c4O)C(=O)NCC3)CC1)CCNC2=O. The van der Waals surface area contributed by atoms with E-state index in [0.29, 0.717) is 0 Å². The number of carbonyl (C=O) groups excluding carboxylic acids is 9. The molecule has 28 heteroatoms. The molecule has 4 unspecified atom stereocenters. The number of hydrogen-bond donors (Lipinski definition) is 10. The van der Waals surface area contributed by atoms with Crippen molar-refractivity contribution in [1.82, 2.24) is 57.1 Å². The van der Waals surface area contributed by atoms with E-state index in [1.54, 1.807) is 42.7 Å². The lowest BCUT2D eigenvalue weighted by Gasteiger charge is -2.28. The largest absolute Gasteiger partial charge is 0.871 e. The van der Waals surface area contributed by atoms with E-state index in [9.17, 15) is 72.0 Å². The summed E-state index contributed by atoms with van der Waals surface area (Å²) in [6.45, 7) is 3.32. The Morgan fingerprint density at radius 2 is 0.773 bits per heavy atom. The number of ether oxygens (including phenoxy) is 1. The molecule has 4 aromatic rings. The molecule has 88 heavy (non-hydrogen) atoms. The van der Waals surface area contributed by atoms with E-state index in [-0.39, 0.29) is 151 Å². The van der Waals surface area contributed by atoms with E-state index in [0.717, 1.165) is 12.1 Å². The predicted octanol–water partition coefficient (Wildman–Crippen LogP) is -0.834. The first-order valence-corrected chi connectivity index (χ1v) is 30.3. The van der Waals surface area contributed by atoms with Crippen molar-refractivity contribution >= 4 is 63.3 Å². The van der Waals surface area contributed by atoms with Gasteiger partial charge in [0.05, 0.1) is 16.0 Å². The molecule has 10 N–H and O–H groups in total. The van der Waals surface area contributed by atoms with E-state index in [1.165, 1.54) is 54.6 Å². The summed E-state index contributed by atoms with van der Waals surface area (Å²) in [6, 6.07) is 13.6. The van der Waals surface area contributed by atoms with Crippen molar-refractivity contribution in [1.29, 1.82) is 0 Å². The van der Waals surface area contributed by atoms with Crippen LogP contribution in [0, 0.1) is 11.8 Å². The van der Waals surface area contributed by atoms with Crippen LogP contribution in [0.3, 0.4) is 0 Å². The predicted molar refractivity (Wildman–Crippen MR) is 313 cm³/mol. The van der Waals surface area contributed by atoms with Gasteiger partial charge in [0.1, 0.15) is 17.9 Å². The van der Waals surface area contributed by atoms with Gasteiger partial charge in [0, 0.05) is 125 Å². The minimum atomic E-state index is -4.74. The number of carbonyl (C=O) groups is 9. The van der Waals surface area contributed by atoms with Crippen LogP contribution in [0.1, 0.15) is 129 Å². The van der Waals surface area contributed by atoms with Crippen LogP contribution in [0.2, 0.25) is 0 Å². The molecule has 4 heterocycles. The van der Waals surface area contributed by atoms with Crippen molar-refractivity contribution in [2.75, 3.05) is 98.2 Å². The maximum absolute atomic E-state index is 14.3. The Hall–Kier alpha value is -9.12. The maximum Gasteiger partial charge on any atom is 0.321 e. The highest BCUT2D eigenvalue weighted by Gasteiger charge is 2.27. The molecule has 12 bridgehead atoms. The summed E-state index contributed by atoms with van der Waals surface area (Å²) >= 11 is 0. The highest BCUT2D eigenvalue weighted by molar-refractivity contribution is 7.89. The fraction of sp³-hybridized carbons (Fsp3) is 0.417. The highest BCUT2D eigenvalue weighted by atomic mass is 32.2. The Morgan fingerprint density at radius 1 is 0.489 bits per heavy atom. The van der Waals surface area contributed by atoms with Crippen LogP contribution in [-0.4, -0.2) is 180 Å². The summed E-state index contributed by atoms with van der Waals surface area (Å²) in [5.74, 6) is -12.1. The average molecular weight is 1240 g/mol. The van der Waals surface area contributed by atoms with Gasteiger partial charge in [0.2, 0.25) is 10.0 Å². The summed E-state index contributed by atoms with van der Waals surface area (Å²) in [5.41, 5.74) is -4.08. The molecule has 0 saturated heterocycles. The zero-order valence-corrected chi connectivity index (χ0v) is 49.8. The standard InChI is InChI=1S/C60H75N11O16S/c1-60(2,3)87-47(72)35-69-88(85,86)38-33-45-51(76)46(34-38)59(84)68-26-30-71-29-25-67-57(82)44-12-6-9-41(50(44)75)54(79)63-21-17-37(18-22-64-58(45)83)14-13-36-15-19-61-52(77)39-7-4-10-42(48(39)73)55(80)65-23-27-70(31-32-71)28-24-66-56(81)43-11-5-8-40(49(43)74)53(78)62-20-16-36/h4-14,33-34,36-37,69,73-76H,15-32,35H2,1-3H3,(H,61,77)(H,62,78)(H,63,79)(H,64,83)(H,65,80)(H,66,81)(H,67,82)(H,68,84)/p-3/b14-13+. The number of fused-ring (bicyclic) bond motifs is 15. The first kappa shape index (κ1) is 66.4. The first-order valence-electron chi connectivity index (χ1n) is 28.8. The van der Waals surface area contributed by atoms with Crippen molar-refractivity contribution in [3.8, 4) is 23.0 Å². The van der Waals surface area contributed by atoms with Crippen LogP contribution in [0.15, 0.2) is 83.8 Å². The number of amides is 8. The third-order valence-corrected chi connectivity index (χ3v) is 16.0. The number of aromatic hydroxyl groups is 1. The van der Waals surface area contributed by atoms with Crippen molar-refractivity contribution in [3.63, 3.8) is 0 Å². The molecule has 0 aliphatic carbocycles. The molecule has 0 spiro atoms. The number of para-hydroxylation sites is 3. The number of esters is 1. The number of sulfonamides is 1. The molecule has 0 saturated carbocycles. The van der Waals surface area contributed by atoms with Gasteiger partial charge in [-0.3, -0.25) is 53.0 Å². The molecule has 4 aromatic carbocycles. The van der Waals surface area contributed by atoms with Crippen LogP contribution in [0.25, 0.3) is 0 Å². The van der Waals surface area contributed by atoms with E-state index in [4.69, 9.17) is 4.74 Å². The molecule has 0 aromatic heterocycles. The van der Waals surface area contributed by atoms with Crippen molar-refractivity contribution in [2.24, 2.45) is 11.8 Å². The van der Waals surface area contributed by atoms with Gasteiger partial charge in [0.15, 0.2) is 0 Å². The Kier molecular flexibility index (Phi) is 23.0. The number of nitrogens with zero attached hydrogens (tertiary/aromatic N) is 2. The molecule has 27 nitrogen and oxygen atoms in total. The molecule has 8 amide bonds. The van der Waals surface area contributed by atoms with E-state index in [1.807, 2.05) is 0 Å². The molecule has 4 aliphatic heterocycles. The number of nitrogens with one attached hydrogen (secondary N) is 9. The van der Waals surface area contributed by atoms with Crippen LogP contribution in [0.5, 0.6) is 23.0 Å². The number of hydrogen-bond acceptors (Lipinski definition) is 18. The number of allylic oxidation sites excluding steroid dienone is 2. The summed E-state index contributed by atoms with van der Waals surface area (Å²) < 4.78 is 35.1. The average Bonchev–Trinajstić information content (AvgIpc) is 2.08. The van der Waals surface area contributed by atoms with Gasteiger partial charge in [-0.05, 0) is 82.6 Å². The zero-order valence-electron chi connectivity index (χ0n) is 49.0. The molecule has 0 fully saturated rings. The third kappa shape index (κ3) is 18.2. The Bertz CT molecular complexity index is 3350. The molecule has 4 aliphatic rings. The lowest BCUT2D eigenvalue weighted by atomic mass is 9.94. The quantitative estimate of drug-likeness (QED) is 0.0880. The van der Waals surface area contributed by atoms with Gasteiger partial charge in [0.25, 0.3) is 47.3 Å². The molecule has 472 valence electrons. The second-order valence-electron chi connectivity index (χ2n) is 22.1. The van der Waals surface area contributed by atoms with E-state index in [2.05, 4.69) is 47.3 Å². The van der Waals surface area contributed by atoms with Gasteiger partial charge in [-0.1, -0.05) is 71.9 Å². The Labute approximate surface area is 508 Å². The van der Waals surface area contributed by atoms with Crippen molar-refractivity contribution in [2.45, 2.75) is 57.0 Å². The molecule has 4 atom stereocenters. The summed E-state index contributed by atoms with van der Waals surface area (Å²) in [6.07, 6.45) is 4.03. The van der Waals surface area contributed by atoms with Crippen molar-refractivity contribution < 1.29 is 76.7 Å². The van der Waals surface area contributed by atoms with Crippen LogP contribution >= 0.6 is 0 Å². The minimum absolute atomic E-state index is 0.0151. The molecular formula is C60H72N11O16S-3. The maximum atomic E-state index is 14.3. The van der Waals surface area contributed by atoms with Gasteiger partial charge in [-0.25, -0.2) is 8.42 Å². The van der Waals surface area contributed by atoms with Gasteiger partial charge >= 0.3 is 5.97 Å². The summed E-state index contributed by atoms with van der Waals surface area (Å²) in [4.78, 5) is 126. The fourth-order valence-corrected chi connectivity index (χ4v) is 10.9. The lowest BCUT2D eigenvalue weighted by Crippen LogP contribution is -2.46. The van der Waals surface area contributed by atoms with Gasteiger partial charge in [-0.15, -0.1) is 0 Å². The normalized spacial score (nSPS) is 21.0. The minimum Gasteiger partial charge on any atom is -0.871 e. The van der Waals surface area contributed by atoms with E-state index < -0.39 is 126 Å². The topological polar surface area (TPSA) is 401 Å². The Morgan fingerprint density at radius 3 is 1.10 bits per heavy atom. The second kappa shape index (κ2) is 30.5. The van der Waals surface area contributed by atoms with E-state index >= 15 is 0 Å². The number of phenolic OH excluding ortho intramolecular Hbond substituents is 1. The Balaban J connectivity index is 1.33. The van der Waals surface area contributed by atoms with Gasteiger partial charge in [-0.2, -0.15) is 4.72 Å². The molecule has 8 rings (SSSR count). The molecule has 0 radical (unpaired) electrons. The van der Waals surface area contributed by atoms with Crippen LogP contribution < -0.4 is 62.6 Å². The van der Waals surface area contributed by atoms with Gasteiger partial charge < -0.3 is 67.7 Å². The highest BCUT2D eigenvalue weighted by Crippen LogP contribution is 2.28. The number of benzene rings is 4. The second-order valence-corrected chi connectivity index (χ2v) is 23.9.